The highest BCUT2D eigenvalue weighted by atomic mass is 32.1. The average molecular weight is 312 g/mol. The molecule has 1 aromatic rings. The molecule has 3 unspecified atom stereocenters. The van der Waals surface area contributed by atoms with E-state index in [4.69, 9.17) is 4.74 Å². The van der Waals surface area contributed by atoms with Crippen molar-refractivity contribution < 1.29 is 4.74 Å². The summed E-state index contributed by atoms with van der Waals surface area (Å²) in [6.45, 7) is 10.5. The number of benzene rings is 1. The molecule has 20 heavy (non-hydrogen) atoms. The van der Waals surface area contributed by atoms with Crippen molar-refractivity contribution in [2.45, 2.75) is 51.1 Å². The zero-order chi connectivity index (χ0) is 15.0. The summed E-state index contributed by atoms with van der Waals surface area (Å²) in [4.78, 5) is 0. The van der Waals surface area contributed by atoms with Gasteiger partial charge in [0.25, 0.3) is 0 Å². The van der Waals surface area contributed by atoms with Crippen LogP contribution in [0.4, 0.5) is 0 Å². The van der Waals surface area contributed by atoms with Gasteiger partial charge in [0, 0.05) is 17.5 Å². The summed E-state index contributed by atoms with van der Waals surface area (Å²) in [5, 5.41) is 0.416. The minimum Gasteiger partial charge on any atom is -0.377 e. The minimum atomic E-state index is 0.416. The first kappa shape index (κ1) is 18.0. The van der Waals surface area contributed by atoms with Crippen LogP contribution in [0.2, 0.25) is 0 Å². The van der Waals surface area contributed by atoms with Gasteiger partial charge in [-0.3, -0.25) is 0 Å². The van der Waals surface area contributed by atoms with Gasteiger partial charge >= 0.3 is 0 Å². The topological polar surface area (TPSA) is 9.23 Å². The highest BCUT2D eigenvalue weighted by Crippen LogP contribution is 2.37. The van der Waals surface area contributed by atoms with Gasteiger partial charge in [-0.1, -0.05) is 45.0 Å². The molecule has 0 aromatic heterocycles. The summed E-state index contributed by atoms with van der Waals surface area (Å²) < 4.78 is 5.67. The van der Waals surface area contributed by atoms with E-state index in [9.17, 15) is 0 Å². The second-order valence-electron chi connectivity index (χ2n) is 5.90. The smallest absolute Gasteiger partial charge is 0.0716 e. The van der Waals surface area contributed by atoms with Crippen LogP contribution in [0.15, 0.2) is 24.3 Å². The molecule has 0 aliphatic carbocycles. The van der Waals surface area contributed by atoms with E-state index in [1.54, 1.807) is 0 Å². The van der Waals surface area contributed by atoms with Crippen LogP contribution < -0.4 is 0 Å². The lowest BCUT2D eigenvalue weighted by atomic mass is 10.0. The molecule has 0 aliphatic heterocycles. The van der Waals surface area contributed by atoms with Gasteiger partial charge in [0.1, 0.15) is 0 Å². The molecule has 0 heterocycles. The molecule has 0 aliphatic rings. The lowest BCUT2D eigenvalue weighted by Gasteiger charge is -2.18. The first-order valence-electron chi connectivity index (χ1n) is 7.54. The Bertz CT molecular complexity index is 362. The average Bonchev–Trinajstić information content (AvgIpc) is 2.41. The molecule has 0 amide bonds. The third-order valence-electron chi connectivity index (χ3n) is 3.39. The maximum Gasteiger partial charge on any atom is 0.0716 e. The van der Waals surface area contributed by atoms with Crippen LogP contribution in [0.25, 0.3) is 0 Å². The van der Waals surface area contributed by atoms with E-state index in [0.717, 1.165) is 33.2 Å². The molecule has 0 saturated carbocycles. The SMILES string of the molecule is CPC(CC(C)C)c1ccc(COCCC(C)S)cc1. The summed E-state index contributed by atoms with van der Waals surface area (Å²) in [5.41, 5.74) is 3.46. The summed E-state index contributed by atoms with van der Waals surface area (Å²) in [6.07, 6.45) is 2.29. The van der Waals surface area contributed by atoms with Crippen molar-refractivity contribution in [3.05, 3.63) is 35.4 Å². The third kappa shape index (κ3) is 7.11. The van der Waals surface area contributed by atoms with Crippen LogP contribution >= 0.6 is 21.2 Å². The van der Waals surface area contributed by atoms with E-state index >= 15 is 0 Å². The molecule has 1 rings (SSSR count). The summed E-state index contributed by atoms with van der Waals surface area (Å²) in [7, 11) is 0.974. The standard InChI is InChI=1S/C17H29OPS/c1-13(2)11-17(19-4)16-7-5-15(6-8-16)12-18-10-9-14(3)20/h5-8,13-14,17,19-20H,9-12H2,1-4H3. The molecule has 0 radical (unpaired) electrons. The number of ether oxygens (including phenoxy) is 1. The highest BCUT2D eigenvalue weighted by Gasteiger charge is 2.11. The van der Waals surface area contributed by atoms with Crippen molar-refractivity contribution in [1.82, 2.24) is 0 Å². The quantitative estimate of drug-likeness (QED) is 0.369. The van der Waals surface area contributed by atoms with E-state index in [1.165, 1.54) is 17.5 Å². The van der Waals surface area contributed by atoms with Crippen molar-refractivity contribution in [2.24, 2.45) is 5.92 Å². The maximum absolute atomic E-state index is 5.67. The molecule has 1 nitrogen and oxygen atoms in total. The monoisotopic (exact) mass is 312 g/mol. The Balaban J connectivity index is 2.46. The predicted molar refractivity (Wildman–Crippen MR) is 95.6 cm³/mol. The van der Waals surface area contributed by atoms with Gasteiger partial charge in [-0.05, 0) is 36.6 Å². The Kier molecular flexibility index (Phi) is 8.84. The van der Waals surface area contributed by atoms with Crippen LogP contribution in [0.5, 0.6) is 0 Å². The van der Waals surface area contributed by atoms with Gasteiger partial charge in [-0.25, -0.2) is 0 Å². The normalized spacial score (nSPS) is 15.1. The molecular weight excluding hydrogens is 283 g/mol. The minimum absolute atomic E-state index is 0.416. The van der Waals surface area contributed by atoms with E-state index in [2.05, 4.69) is 64.3 Å². The van der Waals surface area contributed by atoms with Crippen LogP contribution in [0.1, 0.15) is 50.4 Å². The lowest BCUT2D eigenvalue weighted by molar-refractivity contribution is 0.119. The van der Waals surface area contributed by atoms with Crippen LogP contribution in [0.3, 0.4) is 0 Å². The first-order chi connectivity index (χ1) is 9.52. The third-order valence-corrected chi connectivity index (χ3v) is 4.91. The fraction of sp³-hybridized carbons (Fsp3) is 0.647. The van der Waals surface area contributed by atoms with Gasteiger partial charge in [0.05, 0.1) is 6.61 Å². The van der Waals surface area contributed by atoms with Crippen LogP contribution in [0, 0.1) is 5.92 Å². The molecule has 0 spiro atoms. The zero-order valence-corrected chi connectivity index (χ0v) is 15.1. The number of hydrogen-bond acceptors (Lipinski definition) is 2. The molecule has 3 atom stereocenters. The lowest BCUT2D eigenvalue weighted by Crippen LogP contribution is -2.02. The predicted octanol–water partition coefficient (Wildman–Crippen LogP) is 5.31. The Labute approximate surface area is 132 Å². The van der Waals surface area contributed by atoms with E-state index in [0.29, 0.717) is 11.9 Å². The van der Waals surface area contributed by atoms with Crippen molar-refractivity contribution in [3.8, 4) is 0 Å². The van der Waals surface area contributed by atoms with Crippen molar-refractivity contribution in [1.29, 1.82) is 0 Å². The van der Waals surface area contributed by atoms with Crippen LogP contribution in [-0.4, -0.2) is 18.5 Å². The van der Waals surface area contributed by atoms with Gasteiger partial charge in [0.2, 0.25) is 0 Å². The summed E-state index contributed by atoms with van der Waals surface area (Å²) >= 11 is 4.35. The van der Waals surface area contributed by atoms with E-state index in [-0.39, 0.29) is 0 Å². The Morgan fingerprint density at radius 3 is 2.30 bits per heavy atom. The van der Waals surface area contributed by atoms with Gasteiger partial charge in [-0.2, -0.15) is 12.6 Å². The molecule has 114 valence electrons. The molecule has 3 heteroatoms. The summed E-state index contributed by atoms with van der Waals surface area (Å²) in [6, 6.07) is 8.99. The van der Waals surface area contributed by atoms with Crippen LogP contribution in [-0.2, 0) is 11.3 Å². The van der Waals surface area contributed by atoms with Gasteiger partial charge < -0.3 is 4.74 Å². The number of hydrogen-bond donors (Lipinski definition) is 1. The zero-order valence-electron chi connectivity index (χ0n) is 13.2. The maximum atomic E-state index is 5.67. The van der Waals surface area contributed by atoms with E-state index in [1.807, 2.05) is 0 Å². The van der Waals surface area contributed by atoms with Gasteiger partial charge in [-0.15, -0.1) is 8.58 Å². The second kappa shape index (κ2) is 9.82. The van der Waals surface area contributed by atoms with Crippen molar-refractivity contribution >= 4 is 21.2 Å². The largest absolute Gasteiger partial charge is 0.377 e. The van der Waals surface area contributed by atoms with E-state index < -0.39 is 0 Å². The Morgan fingerprint density at radius 1 is 1.15 bits per heavy atom. The highest BCUT2D eigenvalue weighted by molar-refractivity contribution is 7.80. The molecule has 0 N–H and O–H groups in total. The summed E-state index contributed by atoms with van der Waals surface area (Å²) in [5.74, 6) is 0.763. The Morgan fingerprint density at radius 2 is 1.80 bits per heavy atom. The first-order valence-corrected chi connectivity index (χ1v) is 9.64. The molecule has 1 aromatic carbocycles. The molecule has 0 fully saturated rings. The van der Waals surface area contributed by atoms with Crippen molar-refractivity contribution in [3.63, 3.8) is 0 Å². The Hall–Kier alpha value is -0.0400. The molecule has 0 bridgehead atoms. The van der Waals surface area contributed by atoms with Crippen molar-refractivity contribution in [2.75, 3.05) is 13.3 Å². The fourth-order valence-corrected chi connectivity index (χ4v) is 3.52. The molecule has 0 saturated heterocycles. The second-order valence-corrected chi connectivity index (χ2v) is 8.06. The fourth-order valence-electron chi connectivity index (χ4n) is 2.18. The number of rotatable bonds is 9. The number of thiol groups is 1. The molecular formula is C17H29OPS. The van der Waals surface area contributed by atoms with Gasteiger partial charge in [0.15, 0.2) is 0 Å².